The van der Waals surface area contributed by atoms with Crippen LogP contribution in [0.4, 0.5) is 0 Å². The van der Waals surface area contributed by atoms with Crippen molar-refractivity contribution in [2.24, 2.45) is 5.73 Å². The van der Waals surface area contributed by atoms with Crippen LogP contribution in [0.3, 0.4) is 0 Å². The lowest BCUT2D eigenvalue weighted by Crippen LogP contribution is -2.12. The zero-order valence-electron chi connectivity index (χ0n) is 9.30. The summed E-state index contributed by atoms with van der Waals surface area (Å²) in [6, 6.07) is 10.1. The van der Waals surface area contributed by atoms with Crippen LogP contribution in [0.25, 0.3) is 11.0 Å². The molecule has 0 aliphatic carbocycles. The third-order valence-corrected chi connectivity index (χ3v) is 3.68. The molecule has 0 saturated carbocycles. The number of thiophene rings is 1. The van der Waals surface area contributed by atoms with Gasteiger partial charge in [-0.25, -0.2) is 0 Å². The maximum absolute atomic E-state index is 6.24. The molecule has 2 heterocycles. The first-order chi connectivity index (χ1) is 8.34. The molecule has 17 heavy (non-hydrogen) atoms. The van der Waals surface area contributed by atoms with Gasteiger partial charge in [0.1, 0.15) is 5.58 Å². The molecule has 0 aliphatic heterocycles. The molecule has 3 aromatic rings. The highest BCUT2D eigenvalue weighted by molar-refractivity contribution is 7.07. The Hall–Kier alpha value is -1.58. The molecule has 2 N–H and O–H groups in total. The van der Waals surface area contributed by atoms with E-state index in [1.165, 1.54) is 5.56 Å². The van der Waals surface area contributed by atoms with Crippen molar-refractivity contribution >= 4 is 22.3 Å². The maximum Gasteiger partial charge on any atom is 0.134 e. The van der Waals surface area contributed by atoms with Gasteiger partial charge in [0.25, 0.3) is 0 Å². The van der Waals surface area contributed by atoms with Gasteiger partial charge in [-0.2, -0.15) is 11.3 Å². The Balaban J connectivity index is 1.93. The summed E-state index contributed by atoms with van der Waals surface area (Å²) < 4.78 is 5.51. The number of fused-ring (bicyclic) bond motifs is 1. The first-order valence-electron chi connectivity index (χ1n) is 5.57. The van der Waals surface area contributed by atoms with Gasteiger partial charge in [0, 0.05) is 17.0 Å². The molecule has 2 nitrogen and oxygen atoms in total. The Bertz CT molecular complexity index is 612. The molecule has 2 aromatic heterocycles. The maximum atomic E-state index is 6.24. The molecule has 1 atom stereocenters. The van der Waals surface area contributed by atoms with Gasteiger partial charge in [0.05, 0.1) is 6.26 Å². The Morgan fingerprint density at radius 2 is 2.12 bits per heavy atom. The second kappa shape index (κ2) is 4.35. The summed E-state index contributed by atoms with van der Waals surface area (Å²) in [4.78, 5) is 0. The largest absolute Gasteiger partial charge is 0.464 e. The van der Waals surface area contributed by atoms with Crippen molar-refractivity contribution in [3.63, 3.8) is 0 Å². The summed E-state index contributed by atoms with van der Waals surface area (Å²) in [5.41, 5.74) is 9.52. The summed E-state index contributed by atoms with van der Waals surface area (Å²) in [7, 11) is 0. The lowest BCUT2D eigenvalue weighted by atomic mass is 10.0. The standard InChI is InChI=1S/C14H13NOS/c15-13(7-10-5-6-17-9-10)12-8-16-14-4-2-1-3-11(12)14/h1-6,8-9,13H,7,15H2. The molecule has 1 aromatic carbocycles. The predicted molar refractivity (Wildman–Crippen MR) is 71.2 cm³/mol. The van der Waals surface area contributed by atoms with E-state index >= 15 is 0 Å². The highest BCUT2D eigenvalue weighted by Crippen LogP contribution is 2.27. The number of benzene rings is 1. The van der Waals surface area contributed by atoms with E-state index in [2.05, 4.69) is 22.9 Å². The fourth-order valence-electron chi connectivity index (χ4n) is 2.06. The molecule has 0 spiro atoms. The third-order valence-electron chi connectivity index (χ3n) is 2.95. The molecule has 0 saturated heterocycles. The SMILES string of the molecule is NC(Cc1ccsc1)c1coc2ccccc12. The normalized spacial score (nSPS) is 13.0. The van der Waals surface area contributed by atoms with Crippen LogP contribution in [0.5, 0.6) is 0 Å². The van der Waals surface area contributed by atoms with Crippen molar-refractivity contribution in [3.05, 3.63) is 58.5 Å². The van der Waals surface area contributed by atoms with Crippen LogP contribution >= 0.6 is 11.3 Å². The average Bonchev–Trinajstić information content (AvgIpc) is 2.96. The third kappa shape index (κ3) is 1.99. The van der Waals surface area contributed by atoms with Crippen molar-refractivity contribution in [2.75, 3.05) is 0 Å². The Kier molecular flexibility index (Phi) is 2.71. The summed E-state index contributed by atoms with van der Waals surface area (Å²) in [6.45, 7) is 0. The lowest BCUT2D eigenvalue weighted by molar-refractivity contribution is 0.599. The molecule has 3 heteroatoms. The number of rotatable bonds is 3. The first kappa shape index (κ1) is 10.6. The zero-order chi connectivity index (χ0) is 11.7. The Morgan fingerprint density at radius 3 is 2.94 bits per heavy atom. The fraction of sp³-hybridized carbons (Fsp3) is 0.143. The first-order valence-corrected chi connectivity index (χ1v) is 6.51. The number of hydrogen-bond donors (Lipinski definition) is 1. The van der Waals surface area contributed by atoms with E-state index in [-0.39, 0.29) is 6.04 Å². The monoisotopic (exact) mass is 243 g/mol. The van der Waals surface area contributed by atoms with Gasteiger partial charge in [0.15, 0.2) is 0 Å². The highest BCUT2D eigenvalue weighted by Gasteiger charge is 2.13. The van der Waals surface area contributed by atoms with Gasteiger partial charge in [-0.15, -0.1) is 0 Å². The number of nitrogens with two attached hydrogens (primary N) is 1. The fourth-order valence-corrected chi connectivity index (χ4v) is 2.74. The van der Waals surface area contributed by atoms with E-state index < -0.39 is 0 Å². The summed E-state index contributed by atoms with van der Waals surface area (Å²) in [6.07, 6.45) is 2.63. The number of para-hydroxylation sites is 1. The minimum atomic E-state index is -0.00625. The predicted octanol–water partition coefficient (Wildman–Crippen LogP) is 3.74. The van der Waals surface area contributed by atoms with Crippen LogP contribution in [0, 0.1) is 0 Å². The minimum Gasteiger partial charge on any atom is -0.464 e. The molecule has 0 radical (unpaired) electrons. The van der Waals surface area contributed by atoms with E-state index in [1.807, 2.05) is 18.2 Å². The van der Waals surface area contributed by atoms with E-state index in [0.717, 1.165) is 23.0 Å². The van der Waals surface area contributed by atoms with Crippen molar-refractivity contribution in [1.29, 1.82) is 0 Å². The quantitative estimate of drug-likeness (QED) is 0.761. The lowest BCUT2D eigenvalue weighted by Gasteiger charge is -2.08. The second-order valence-electron chi connectivity index (χ2n) is 4.13. The molecular weight excluding hydrogens is 230 g/mol. The molecule has 3 rings (SSSR count). The Labute approximate surface area is 104 Å². The molecule has 0 aliphatic rings. The van der Waals surface area contributed by atoms with Gasteiger partial charge in [0.2, 0.25) is 0 Å². The van der Waals surface area contributed by atoms with Gasteiger partial charge in [-0.3, -0.25) is 0 Å². The topological polar surface area (TPSA) is 39.2 Å². The summed E-state index contributed by atoms with van der Waals surface area (Å²) >= 11 is 1.70. The van der Waals surface area contributed by atoms with E-state index in [4.69, 9.17) is 10.2 Å². The van der Waals surface area contributed by atoms with E-state index in [1.54, 1.807) is 17.6 Å². The van der Waals surface area contributed by atoms with Crippen molar-refractivity contribution < 1.29 is 4.42 Å². The number of hydrogen-bond acceptors (Lipinski definition) is 3. The molecule has 86 valence electrons. The summed E-state index contributed by atoms with van der Waals surface area (Å²) in [5.74, 6) is 0. The van der Waals surface area contributed by atoms with Crippen LogP contribution in [0.15, 0.2) is 51.8 Å². The molecule has 1 unspecified atom stereocenters. The van der Waals surface area contributed by atoms with Crippen molar-refractivity contribution in [1.82, 2.24) is 0 Å². The van der Waals surface area contributed by atoms with Crippen LogP contribution in [0.1, 0.15) is 17.2 Å². The van der Waals surface area contributed by atoms with Crippen LogP contribution < -0.4 is 5.73 Å². The molecule has 0 fully saturated rings. The Morgan fingerprint density at radius 1 is 1.24 bits per heavy atom. The zero-order valence-corrected chi connectivity index (χ0v) is 10.1. The van der Waals surface area contributed by atoms with Crippen LogP contribution in [0.2, 0.25) is 0 Å². The van der Waals surface area contributed by atoms with Crippen molar-refractivity contribution in [3.8, 4) is 0 Å². The summed E-state index contributed by atoms with van der Waals surface area (Å²) in [5, 5.41) is 5.34. The van der Waals surface area contributed by atoms with Gasteiger partial charge in [-0.1, -0.05) is 18.2 Å². The van der Waals surface area contributed by atoms with E-state index in [9.17, 15) is 0 Å². The van der Waals surface area contributed by atoms with Gasteiger partial charge >= 0.3 is 0 Å². The average molecular weight is 243 g/mol. The van der Waals surface area contributed by atoms with Gasteiger partial charge in [-0.05, 0) is 34.9 Å². The van der Waals surface area contributed by atoms with Crippen LogP contribution in [-0.4, -0.2) is 0 Å². The van der Waals surface area contributed by atoms with Crippen LogP contribution in [-0.2, 0) is 6.42 Å². The minimum absolute atomic E-state index is 0.00625. The molecule has 0 amide bonds. The van der Waals surface area contributed by atoms with Crippen molar-refractivity contribution in [2.45, 2.75) is 12.5 Å². The smallest absolute Gasteiger partial charge is 0.134 e. The second-order valence-corrected chi connectivity index (χ2v) is 4.91. The molecular formula is C14H13NOS. The highest BCUT2D eigenvalue weighted by atomic mass is 32.1. The van der Waals surface area contributed by atoms with E-state index in [0.29, 0.717) is 0 Å². The van der Waals surface area contributed by atoms with Gasteiger partial charge < -0.3 is 10.2 Å². The molecule has 0 bridgehead atoms. The number of furan rings is 1.